The molecule has 0 radical (unpaired) electrons. The molecule has 0 aromatic rings. The average molecular weight is 328 g/mol. The number of rotatable bonds is 5. The third kappa shape index (κ3) is 8.06. The Kier molecular flexibility index (Phi) is 7.61. The van der Waals surface area contributed by atoms with E-state index in [1.807, 2.05) is 20.8 Å². The smallest absolute Gasteiger partial charge is 0.410 e. The lowest BCUT2D eigenvalue weighted by Gasteiger charge is -2.34. The highest BCUT2D eigenvalue weighted by Gasteiger charge is 2.27. The number of amides is 3. The lowest BCUT2D eigenvalue weighted by atomic mass is 9.98. The molecule has 0 aromatic heterocycles. The first-order valence-electron chi connectivity index (χ1n) is 8.33. The summed E-state index contributed by atoms with van der Waals surface area (Å²) in [4.78, 5) is 26.8. The summed E-state index contributed by atoms with van der Waals surface area (Å²) in [6.45, 7) is 9.32. The van der Waals surface area contributed by atoms with Gasteiger partial charge in [0.05, 0.1) is 0 Å². The van der Waals surface area contributed by atoms with E-state index in [1.165, 1.54) is 4.90 Å². The van der Waals surface area contributed by atoms with Crippen LogP contribution in [-0.2, 0) is 4.74 Å². The van der Waals surface area contributed by atoms with Crippen molar-refractivity contribution in [3.05, 3.63) is 0 Å². The molecule has 0 spiro atoms. The van der Waals surface area contributed by atoms with E-state index in [2.05, 4.69) is 10.6 Å². The number of hydrogen-bond acceptors (Lipinski definition) is 4. The van der Waals surface area contributed by atoms with E-state index in [1.54, 1.807) is 19.0 Å². The van der Waals surface area contributed by atoms with Gasteiger partial charge in [0.1, 0.15) is 5.60 Å². The molecule has 1 aliphatic rings. The van der Waals surface area contributed by atoms with E-state index in [9.17, 15) is 9.59 Å². The first-order chi connectivity index (χ1) is 10.7. The molecule has 1 heterocycles. The number of carbonyl (C=O) groups excluding carboxylic acids is 2. The zero-order valence-electron chi connectivity index (χ0n) is 15.1. The van der Waals surface area contributed by atoms with Crippen molar-refractivity contribution in [2.45, 2.75) is 39.2 Å². The van der Waals surface area contributed by atoms with Gasteiger partial charge in [-0.2, -0.15) is 0 Å². The van der Waals surface area contributed by atoms with E-state index in [0.717, 1.165) is 39.0 Å². The van der Waals surface area contributed by atoms with Gasteiger partial charge in [-0.15, -0.1) is 0 Å². The first-order valence-corrected chi connectivity index (χ1v) is 8.33. The molecule has 7 heteroatoms. The number of piperidine rings is 1. The molecular formula is C16H32N4O3. The Hall–Kier alpha value is -1.50. The summed E-state index contributed by atoms with van der Waals surface area (Å²) in [5.41, 5.74) is -0.451. The molecular weight excluding hydrogens is 296 g/mol. The first kappa shape index (κ1) is 19.5. The van der Waals surface area contributed by atoms with Crippen molar-refractivity contribution in [2.24, 2.45) is 5.92 Å². The van der Waals surface area contributed by atoms with Crippen molar-refractivity contribution >= 4 is 12.1 Å². The van der Waals surface area contributed by atoms with Crippen molar-refractivity contribution in [1.82, 2.24) is 20.4 Å². The van der Waals surface area contributed by atoms with Crippen LogP contribution >= 0.6 is 0 Å². The number of ether oxygens (including phenoxy) is 1. The highest BCUT2D eigenvalue weighted by atomic mass is 16.6. The van der Waals surface area contributed by atoms with E-state index in [4.69, 9.17) is 4.74 Å². The quantitative estimate of drug-likeness (QED) is 0.750. The number of nitrogens with one attached hydrogen (secondary N) is 2. The Bertz CT molecular complexity index is 393. The van der Waals surface area contributed by atoms with Gasteiger partial charge >= 0.3 is 12.1 Å². The average Bonchev–Trinajstić information content (AvgIpc) is 2.45. The largest absolute Gasteiger partial charge is 0.444 e. The number of urea groups is 1. The Morgan fingerprint density at radius 1 is 1.26 bits per heavy atom. The Labute approximate surface area is 139 Å². The monoisotopic (exact) mass is 328 g/mol. The molecule has 23 heavy (non-hydrogen) atoms. The van der Waals surface area contributed by atoms with Crippen LogP contribution in [0.4, 0.5) is 9.59 Å². The van der Waals surface area contributed by atoms with Crippen molar-refractivity contribution < 1.29 is 14.3 Å². The fraction of sp³-hybridized carbons (Fsp3) is 0.875. The molecule has 0 saturated carbocycles. The molecule has 0 aromatic carbocycles. The lowest BCUT2D eigenvalue weighted by molar-refractivity contribution is 0.0166. The summed E-state index contributed by atoms with van der Waals surface area (Å²) in [6.07, 6.45) is 1.89. The molecule has 1 unspecified atom stereocenters. The fourth-order valence-corrected chi connectivity index (χ4v) is 2.45. The van der Waals surface area contributed by atoms with Crippen LogP contribution in [-0.4, -0.2) is 74.3 Å². The Morgan fingerprint density at radius 3 is 2.57 bits per heavy atom. The van der Waals surface area contributed by atoms with E-state index in [-0.39, 0.29) is 12.1 Å². The fourth-order valence-electron chi connectivity index (χ4n) is 2.45. The van der Waals surface area contributed by atoms with Gasteiger partial charge in [-0.05, 0) is 46.1 Å². The van der Waals surface area contributed by atoms with Gasteiger partial charge in [-0.25, -0.2) is 9.59 Å². The Balaban J connectivity index is 2.23. The summed E-state index contributed by atoms with van der Waals surface area (Å²) >= 11 is 0. The number of carbonyl (C=O) groups is 2. The molecule has 1 fully saturated rings. The minimum Gasteiger partial charge on any atom is -0.444 e. The molecule has 1 saturated heterocycles. The van der Waals surface area contributed by atoms with Gasteiger partial charge in [0.15, 0.2) is 0 Å². The van der Waals surface area contributed by atoms with Gasteiger partial charge in [0, 0.05) is 40.3 Å². The summed E-state index contributed by atoms with van der Waals surface area (Å²) in [5, 5.41) is 6.16. The van der Waals surface area contributed by atoms with Gasteiger partial charge in [-0.1, -0.05) is 0 Å². The van der Waals surface area contributed by atoms with E-state index in [0.29, 0.717) is 12.5 Å². The molecule has 0 bridgehead atoms. The van der Waals surface area contributed by atoms with Crippen molar-refractivity contribution in [2.75, 3.05) is 46.8 Å². The highest BCUT2D eigenvalue weighted by molar-refractivity contribution is 5.73. The molecule has 1 aliphatic heterocycles. The highest BCUT2D eigenvalue weighted by Crippen LogP contribution is 2.18. The topological polar surface area (TPSA) is 73.9 Å². The zero-order valence-corrected chi connectivity index (χ0v) is 15.1. The second kappa shape index (κ2) is 8.96. The van der Waals surface area contributed by atoms with Crippen LogP contribution in [0.1, 0.15) is 33.6 Å². The van der Waals surface area contributed by atoms with Gasteiger partial charge in [0.25, 0.3) is 0 Å². The second-order valence-electron chi connectivity index (χ2n) is 7.27. The summed E-state index contributed by atoms with van der Waals surface area (Å²) in [5.74, 6) is 0.431. The minimum atomic E-state index is -0.451. The van der Waals surface area contributed by atoms with Gasteiger partial charge < -0.3 is 25.2 Å². The molecule has 0 aliphatic carbocycles. The maximum Gasteiger partial charge on any atom is 0.410 e. The maximum atomic E-state index is 12.1. The van der Waals surface area contributed by atoms with Crippen molar-refractivity contribution in [3.8, 4) is 0 Å². The van der Waals surface area contributed by atoms with Crippen LogP contribution < -0.4 is 10.6 Å². The molecule has 134 valence electrons. The predicted molar refractivity (Wildman–Crippen MR) is 90.5 cm³/mol. The third-order valence-corrected chi connectivity index (χ3v) is 3.59. The summed E-state index contributed by atoms with van der Waals surface area (Å²) in [6, 6.07) is -0.0828. The summed E-state index contributed by atoms with van der Waals surface area (Å²) in [7, 11) is 3.44. The van der Waals surface area contributed by atoms with Crippen LogP contribution in [0.2, 0.25) is 0 Å². The summed E-state index contributed by atoms with van der Waals surface area (Å²) < 4.78 is 5.43. The number of nitrogens with zero attached hydrogens (tertiary/aromatic N) is 2. The molecule has 1 atom stereocenters. The molecule has 3 amide bonds. The second-order valence-corrected chi connectivity index (χ2v) is 7.27. The minimum absolute atomic E-state index is 0.0828. The van der Waals surface area contributed by atoms with Crippen LogP contribution in [0.5, 0.6) is 0 Å². The number of likely N-dealkylation sites (tertiary alicyclic amines) is 1. The van der Waals surface area contributed by atoms with Gasteiger partial charge in [0.2, 0.25) is 0 Å². The van der Waals surface area contributed by atoms with Crippen molar-refractivity contribution in [1.29, 1.82) is 0 Å². The van der Waals surface area contributed by atoms with Crippen molar-refractivity contribution in [3.63, 3.8) is 0 Å². The number of hydrogen-bond donors (Lipinski definition) is 2. The van der Waals surface area contributed by atoms with Crippen LogP contribution in [0, 0.1) is 5.92 Å². The zero-order chi connectivity index (χ0) is 17.5. The maximum absolute atomic E-state index is 12.1. The van der Waals surface area contributed by atoms with E-state index >= 15 is 0 Å². The standard InChI is InChI=1S/C16H32N4O3/c1-16(2,3)23-15(22)20-10-6-7-13(12-20)11-17-8-9-18-14(21)19(4)5/h13,17H,6-12H2,1-5H3,(H,18,21). The molecule has 1 rings (SSSR count). The normalized spacial score (nSPS) is 18.5. The van der Waals surface area contributed by atoms with E-state index < -0.39 is 5.60 Å². The SMILES string of the molecule is CN(C)C(=O)NCCNCC1CCCN(C(=O)OC(C)(C)C)C1. The van der Waals surface area contributed by atoms with Crippen LogP contribution in [0.3, 0.4) is 0 Å². The molecule has 2 N–H and O–H groups in total. The van der Waals surface area contributed by atoms with Crippen LogP contribution in [0.15, 0.2) is 0 Å². The van der Waals surface area contributed by atoms with Gasteiger partial charge in [-0.3, -0.25) is 0 Å². The third-order valence-electron chi connectivity index (χ3n) is 3.59. The molecule has 7 nitrogen and oxygen atoms in total. The van der Waals surface area contributed by atoms with Crippen LogP contribution in [0.25, 0.3) is 0 Å². The lowest BCUT2D eigenvalue weighted by Crippen LogP contribution is -2.45. The Morgan fingerprint density at radius 2 is 1.96 bits per heavy atom. The predicted octanol–water partition coefficient (Wildman–Crippen LogP) is 1.49.